The normalized spacial score (nSPS) is 11.6. The second-order valence-corrected chi connectivity index (χ2v) is 3.28. The first-order chi connectivity index (χ1) is 7.76. The van der Waals surface area contributed by atoms with Crippen LogP contribution in [0.15, 0.2) is 18.2 Å². The number of ether oxygens (including phenoxy) is 1. The van der Waals surface area contributed by atoms with Gasteiger partial charge in [0.15, 0.2) is 5.75 Å². The number of hydrogen-bond acceptors (Lipinski definition) is 2. The summed E-state index contributed by atoms with van der Waals surface area (Å²) in [7, 11) is 0. The van der Waals surface area contributed by atoms with E-state index in [0.717, 1.165) is 12.1 Å². The molecule has 0 saturated heterocycles. The minimum absolute atomic E-state index is 0.524. The highest BCUT2D eigenvalue weighted by Gasteiger charge is 2.44. The van der Waals surface area contributed by atoms with Gasteiger partial charge in [0.2, 0.25) is 0 Å². The summed E-state index contributed by atoms with van der Waals surface area (Å²) in [6.07, 6.45) is 0. The van der Waals surface area contributed by atoms with Gasteiger partial charge in [0, 0.05) is 0 Å². The molecule has 0 aliphatic carbocycles. The van der Waals surface area contributed by atoms with Crippen LogP contribution in [0.4, 0.5) is 17.6 Å². The Morgan fingerprint density at radius 1 is 1.41 bits per heavy atom. The number of aliphatic carboxylic acids is 1. The maximum Gasteiger partial charge on any atom is 0.387 e. The van der Waals surface area contributed by atoms with Crippen molar-refractivity contribution in [2.24, 2.45) is 0 Å². The van der Waals surface area contributed by atoms with Crippen LogP contribution in [0.25, 0.3) is 0 Å². The van der Waals surface area contributed by atoms with Crippen LogP contribution in [0.3, 0.4) is 0 Å². The lowest BCUT2D eigenvalue weighted by Crippen LogP contribution is -2.26. The third-order valence-corrected chi connectivity index (χ3v) is 2.08. The SMILES string of the molecule is O=C(O)C(F)(F)c1cccc(Cl)c1OC(F)F. The van der Waals surface area contributed by atoms with Gasteiger partial charge in [0.05, 0.1) is 10.6 Å². The fourth-order valence-corrected chi connectivity index (χ4v) is 1.30. The Balaban J connectivity index is 3.33. The zero-order valence-corrected chi connectivity index (χ0v) is 8.72. The number of benzene rings is 1. The predicted octanol–water partition coefficient (Wildman–Crippen LogP) is 3.12. The average Bonchev–Trinajstić information content (AvgIpc) is 2.19. The zero-order valence-electron chi connectivity index (χ0n) is 7.96. The maximum absolute atomic E-state index is 13.2. The minimum Gasteiger partial charge on any atom is -0.477 e. The summed E-state index contributed by atoms with van der Waals surface area (Å²) < 4.78 is 54.2. The first kappa shape index (κ1) is 13.6. The Morgan fingerprint density at radius 3 is 2.47 bits per heavy atom. The number of rotatable bonds is 4. The Kier molecular flexibility index (Phi) is 3.82. The van der Waals surface area contributed by atoms with Gasteiger partial charge in [-0.2, -0.15) is 17.6 Å². The van der Waals surface area contributed by atoms with E-state index in [-0.39, 0.29) is 0 Å². The van der Waals surface area contributed by atoms with Crippen LogP contribution < -0.4 is 4.74 Å². The van der Waals surface area contributed by atoms with Crippen molar-refractivity contribution in [1.29, 1.82) is 0 Å². The van der Waals surface area contributed by atoms with E-state index in [2.05, 4.69) is 4.74 Å². The number of alkyl halides is 4. The van der Waals surface area contributed by atoms with Gasteiger partial charge in [-0.25, -0.2) is 4.79 Å². The fraction of sp³-hybridized carbons (Fsp3) is 0.222. The van der Waals surface area contributed by atoms with Crippen molar-refractivity contribution >= 4 is 17.6 Å². The number of hydrogen-bond donors (Lipinski definition) is 1. The maximum atomic E-state index is 13.2. The van der Waals surface area contributed by atoms with E-state index < -0.39 is 34.8 Å². The molecule has 0 bridgehead atoms. The summed E-state index contributed by atoms with van der Waals surface area (Å²) in [6, 6.07) is 2.69. The van der Waals surface area contributed by atoms with Crippen LogP contribution >= 0.6 is 11.6 Å². The van der Waals surface area contributed by atoms with Gasteiger partial charge in [0.25, 0.3) is 0 Å². The van der Waals surface area contributed by atoms with Crippen LogP contribution in [0.1, 0.15) is 5.56 Å². The van der Waals surface area contributed by atoms with Crippen molar-refractivity contribution in [3.05, 3.63) is 28.8 Å². The highest BCUT2D eigenvalue weighted by molar-refractivity contribution is 6.32. The second kappa shape index (κ2) is 4.79. The highest BCUT2D eigenvalue weighted by Crippen LogP contribution is 2.40. The van der Waals surface area contributed by atoms with E-state index in [1.165, 1.54) is 0 Å². The number of carboxylic acids is 1. The van der Waals surface area contributed by atoms with Crippen LogP contribution in [0, 0.1) is 0 Å². The third-order valence-electron chi connectivity index (χ3n) is 1.78. The topological polar surface area (TPSA) is 46.5 Å². The molecule has 0 spiro atoms. The number of carboxylic acid groups (broad SMARTS) is 1. The number of halogens is 5. The summed E-state index contributed by atoms with van der Waals surface area (Å²) in [5.41, 5.74) is -1.22. The summed E-state index contributed by atoms with van der Waals surface area (Å²) in [6.45, 7) is -3.39. The van der Waals surface area contributed by atoms with Gasteiger partial charge in [-0.05, 0) is 12.1 Å². The minimum atomic E-state index is -4.37. The summed E-state index contributed by atoms with van der Waals surface area (Å²) >= 11 is 5.40. The molecule has 8 heteroatoms. The molecule has 1 aromatic rings. The molecule has 0 amide bonds. The summed E-state index contributed by atoms with van der Waals surface area (Å²) in [5.74, 6) is -7.90. The molecule has 94 valence electrons. The van der Waals surface area contributed by atoms with Gasteiger partial charge in [0.1, 0.15) is 0 Å². The molecule has 3 nitrogen and oxygen atoms in total. The van der Waals surface area contributed by atoms with Crippen LogP contribution in [0.5, 0.6) is 5.75 Å². The van der Waals surface area contributed by atoms with Crippen molar-refractivity contribution in [3.8, 4) is 5.75 Å². The summed E-state index contributed by atoms with van der Waals surface area (Å²) in [4.78, 5) is 10.3. The highest BCUT2D eigenvalue weighted by atomic mass is 35.5. The lowest BCUT2D eigenvalue weighted by molar-refractivity contribution is -0.167. The molecule has 0 heterocycles. The molecule has 1 aromatic carbocycles. The van der Waals surface area contributed by atoms with Crippen molar-refractivity contribution in [2.45, 2.75) is 12.5 Å². The molecule has 0 radical (unpaired) electrons. The van der Waals surface area contributed by atoms with Crippen molar-refractivity contribution in [3.63, 3.8) is 0 Å². The van der Waals surface area contributed by atoms with Crippen molar-refractivity contribution < 1.29 is 32.2 Å². The molecule has 0 aromatic heterocycles. The molecule has 0 saturated carbocycles. The average molecular weight is 273 g/mol. The smallest absolute Gasteiger partial charge is 0.387 e. The lowest BCUT2D eigenvalue weighted by atomic mass is 10.1. The van der Waals surface area contributed by atoms with E-state index in [1.807, 2.05) is 0 Å². The molecule has 0 atom stereocenters. The predicted molar refractivity (Wildman–Crippen MR) is 49.6 cm³/mol. The Hall–Kier alpha value is -1.50. The largest absolute Gasteiger partial charge is 0.477 e. The standard InChI is InChI=1S/C9H5ClF4O3/c10-5-3-1-2-4(6(5)17-8(11)12)9(13,14)7(15)16/h1-3,8H,(H,15,16). The third kappa shape index (κ3) is 2.79. The number of carbonyl (C=O) groups is 1. The van der Waals surface area contributed by atoms with Gasteiger partial charge in [-0.3, -0.25) is 0 Å². The monoisotopic (exact) mass is 272 g/mol. The molecule has 1 N–H and O–H groups in total. The summed E-state index contributed by atoms with van der Waals surface area (Å²) in [5, 5.41) is 7.78. The molecule has 17 heavy (non-hydrogen) atoms. The quantitative estimate of drug-likeness (QED) is 0.857. The lowest BCUT2D eigenvalue weighted by Gasteiger charge is -2.17. The van der Waals surface area contributed by atoms with E-state index in [4.69, 9.17) is 16.7 Å². The molecule has 0 aliphatic heterocycles. The fourth-order valence-electron chi connectivity index (χ4n) is 1.08. The van der Waals surface area contributed by atoms with E-state index in [0.29, 0.717) is 6.07 Å². The van der Waals surface area contributed by atoms with Crippen molar-refractivity contribution in [2.75, 3.05) is 0 Å². The van der Waals surface area contributed by atoms with Gasteiger partial charge in [-0.15, -0.1) is 0 Å². The first-order valence-corrected chi connectivity index (χ1v) is 4.49. The Labute approximate surface area is 97.6 Å². The molecular weight excluding hydrogens is 268 g/mol. The van der Waals surface area contributed by atoms with Gasteiger partial charge < -0.3 is 9.84 Å². The number of para-hydroxylation sites is 1. The van der Waals surface area contributed by atoms with Crippen LogP contribution in [-0.4, -0.2) is 17.7 Å². The van der Waals surface area contributed by atoms with E-state index >= 15 is 0 Å². The van der Waals surface area contributed by atoms with Crippen LogP contribution in [-0.2, 0) is 10.7 Å². The molecular formula is C9H5ClF4O3. The van der Waals surface area contributed by atoms with Gasteiger partial charge >= 0.3 is 18.5 Å². The molecule has 0 unspecified atom stereocenters. The van der Waals surface area contributed by atoms with Crippen LogP contribution in [0.2, 0.25) is 5.02 Å². The Bertz CT molecular complexity index is 436. The van der Waals surface area contributed by atoms with Crippen molar-refractivity contribution in [1.82, 2.24) is 0 Å². The molecule has 0 aliphatic rings. The molecule has 0 fully saturated rings. The van der Waals surface area contributed by atoms with E-state index in [1.54, 1.807) is 0 Å². The first-order valence-electron chi connectivity index (χ1n) is 4.11. The Morgan fingerprint density at radius 2 is 2.00 bits per heavy atom. The van der Waals surface area contributed by atoms with Gasteiger partial charge in [-0.1, -0.05) is 17.7 Å². The zero-order chi connectivity index (χ0) is 13.2. The second-order valence-electron chi connectivity index (χ2n) is 2.87. The van der Waals surface area contributed by atoms with E-state index in [9.17, 15) is 22.4 Å². The molecule has 1 rings (SSSR count).